The molecular formula is C12H9BrN2OS2. The number of rotatable bonds is 1. The Morgan fingerprint density at radius 2 is 2.28 bits per heavy atom. The average molecular weight is 341 g/mol. The third kappa shape index (κ3) is 2.32. The third-order valence-corrected chi connectivity index (χ3v) is 4.89. The van der Waals surface area contributed by atoms with Crippen LogP contribution in [0.1, 0.15) is 11.9 Å². The summed E-state index contributed by atoms with van der Waals surface area (Å²) in [5, 5.41) is 0. The van der Waals surface area contributed by atoms with Crippen molar-refractivity contribution in [3.05, 3.63) is 45.4 Å². The van der Waals surface area contributed by atoms with Crippen molar-refractivity contribution in [2.75, 3.05) is 5.75 Å². The van der Waals surface area contributed by atoms with Gasteiger partial charge >= 0.3 is 0 Å². The number of nitrogens with zero attached hydrogens (tertiary/aromatic N) is 1. The number of aromatic amines is 1. The molecule has 0 radical (unpaired) electrons. The van der Waals surface area contributed by atoms with Crippen LogP contribution < -0.4 is 4.74 Å². The summed E-state index contributed by atoms with van der Waals surface area (Å²) in [6.45, 7) is 0. The molecule has 1 unspecified atom stereocenters. The van der Waals surface area contributed by atoms with Gasteiger partial charge in [-0.15, -0.1) is 11.8 Å². The summed E-state index contributed by atoms with van der Waals surface area (Å²) in [5.41, 5.74) is 0. The minimum atomic E-state index is -0.0836. The number of hydrogen-bond donors (Lipinski definition) is 1. The lowest BCUT2D eigenvalue weighted by Gasteiger charge is -2.24. The molecule has 0 bridgehead atoms. The fourth-order valence-electron chi connectivity index (χ4n) is 1.71. The Kier molecular flexibility index (Phi) is 3.41. The Labute approximate surface area is 122 Å². The molecule has 1 atom stereocenters. The molecule has 1 aliphatic rings. The van der Waals surface area contributed by atoms with E-state index in [4.69, 9.17) is 17.0 Å². The smallest absolute Gasteiger partial charge is 0.165 e. The van der Waals surface area contributed by atoms with Gasteiger partial charge in [0.25, 0.3) is 0 Å². The Balaban J connectivity index is 1.92. The van der Waals surface area contributed by atoms with Gasteiger partial charge in [-0.05, 0) is 28.1 Å². The maximum absolute atomic E-state index is 5.94. The first kappa shape index (κ1) is 12.2. The van der Waals surface area contributed by atoms with Crippen molar-refractivity contribution in [2.45, 2.75) is 11.0 Å². The maximum atomic E-state index is 5.94. The highest BCUT2D eigenvalue weighted by molar-refractivity contribution is 9.10. The van der Waals surface area contributed by atoms with E-state index >= 15 is 0 Å². The van der Waals surface area contributed by atoms with E-state index in [1.165, 1.54) is 4.90 Å². The molecule has 0 fully saturated rings. The topological polar surface area (TPSA) is 37.9 Å². The molecule has 18 heavy (non-hydrogen) atoms. The predicted molar refractivity (Wildman–Crippen MR) is 77.7 cm³/mol. The second-order valence-corrected chi connectivity index (χ2v) is 6.13. The molecule has 92 valence electrons. The predicted octanol–water partition coefficient (Wildman–Crippen LogP) is 4.13. The molecule has 0 saturated heterocycles. The van der Waals surface area contributed by atoms with Crippen LogP contribution in [0.4, 0.5) is 0 Å². The standard InChI is InChI=1S/C12H9BrN2OS2/c13-7-5-14-11(15-12(7)17)9-6-18-10-4-2-1-3-8(10)16-9/h1-5,9H,6H2,(H,14,15,17). The largest absolute Gasteiger partial charge is 0.480 e. The van der Waals surface area contributed by atoms with Crippen molar-refractivity contribution in [3.8, 4) is 5.75 Å². The van der Waals surface area contributed by atoms with E-state index in [0.717, 1.165) is 21.8 Å². The number of H-pyrrole nitrogens is 1. The Morgan fingerprint density at radius 3 is 3.11 bits per heavy atom. The van der Waals surface area contributed by atoms with Gasteiger partial charge in [-0.3, -0.25) is 0 Å². The zero-order valence-electron chi connectivity index (χ0n) is 9.22. The van der Waals surface area contributed by atoms with Crippen molar-refractivity contribution in [2.24, 2.45) is 0 Å². The van der Waals surface area contributed by atoms with E-state index in [9.17, 15) is 0 Å². The first-order chi connectivity index (χ1) is 8.74. The van der Waals surface area contributed by atoms with E-state index in [-0.39, 0.29) is 6.10 Å². The fourth-order valence-corrected chi connectivity index (χ4v) is 3.06. The second-order valence-electron chi connectivity index (χ2n) is 3.81. The van der Waals surface area contributed by atoms with Crippen LogP contribution in [0, 0.1) is 4.64 Å². The minimum absolute atomic E-state index is 0.0836. The van der Waals surface area contributed by atoms with Crippen molar-refractivity contribution < 1.29 is 4.74 Å². The summed E-state index contributed by atoms with van der Waals surface area (Å²) in [6, 6.07) is 8.02. The number of thioether (sulfide) groups is 1. The van der Waals surface area contributed by atoms with Gasteiger partial charge in [0.2, 0.25) is 0 Å². The summed E-state index contributed by atoms with van der Waals surface area (Å²) in [7, 11) is 0. The van der Waals surface area contributed by atoms with E-state index in [1.807, 2.05) is 18.2 Å². The van der Waals surface area contributed by atoms with Crippen LogP contribution in [0.5, 0.6) is 5.75 Å². The highest BCUT2D eigenvalue weighted by Crippen LogP contribution is 2.39. The summed E-state index contributed by atoms with van der Waals surface area (Å²) in [6.07, 6.45) is 1.63. The summed E-state index contributed by atoms with van der Waals surface area (Å²) >= 11 is 10.3. The van der Waals surface area contributed by atoms with Crippen LogP contribution in [0.15, 0.2) is 39.8 Å². The highest BCUT2D eigenvalue weighted by atomic mass is 79.9. The number of fused-ring (bicyclic) bond motifs is 1. The number of ether oxygens (including phenoxy) is 1. The molecule has 0 aliphatic carbocycles. The molecule has 1 aromatic carbocycles. The SMILES string of the molecule is S=c1[nH]c(C2CSc3ccccc3O2)ncc1Br. The zero-order valence-corrected chi connectivity index (χ0v) is 12.4. The summed E-state index contributed by atoms with van der Waals surface area (Å²) in [5.74, 6) is 2.50. The van der Waals surface area contributed by atoms with Gasteiger partial charge in [0.05, 0.1) is 4.47 Å². The quantitative estimate of drug-likeness (QED) is 0.792. The van der Waals surface area contributed by atoms with Crippen LogP contribution in [0.2, 0.25) is 0 Å². The zero-order chi connectivity index (χ0) is 12.5. The van der Waals surface area contributed by atoms with Crippen molar-refractivity contribution in [1.29, 1.82) is 0 Å². The van der Waals surface area contributed by atoms with Crippen LogP contribution >= 0.6 is 39.9 Å². The van der Waals surface area contributed by atoms with Gasteiger partial charge in [-0.2, -0.15) is 0 Å². The Bertz CT molecular complexity index is 644. The molecule has 0 spiro atoms. The first-order valence-electron chi connectivity index (χ1n) is 5.37. The number of benzene rings is 1. The van der Waals surface area contributed by atoms with E-state index in [1.54, 1.807) is 18.0 Å². The molecule has 0 amide bonds. The average Bonchev–Trinajstić information content (AvgIpc) is 2.41. The lowest BCUT2D eigenvalue weighted by atomic mass is 10.3. The number of nitrogens with one attached hydrogen (secondary N) is 1. The van der Waals surface area contributed by atoms with Crippen LogP contribution in [-0.4, -0.2) is 15.7 Å². The van der Waals surface area contributed by atoms with Crippen LogP contribution in [0.25, 0.3) is 0 Å². The van der Waals surface area contributed by atoms with E-state index in [0.29, 0.717) is 4.64 Å². The van der Waals surface area contributed by atoms with Crippen molar-refractivity contribution >= 4 is 39.9 Å². The highest BCUT2D eigenvalue weighted by Gasteiger charge is 2.23. The molecule has 1 aromatic heterocycles. The number of aromatic nitrogens is 2. The lowest BCUT2D eigenvalue weighted by Crippen LogP contribution is -2.17. The third-order valence-electron chi connectivity index (χ3n) is 2.59. The van der Waals surface area contributed by atoms with E-state index < -0.39 is 0 Å². The Morgan fingerprint density at radius 1 is 1.44 bits per heavy atom. The van der Waals surface area contributed by atoms with Gasteiger partial charge in [-0.1, -0.05) is 24.4 Å². The summed E-state index contributed by atoms with van der Waals surface area (Å²) in [4.78, 5) is 8.59. The van der Waals surface area contributed by atoms with Crippen molar-refractivity contribution in [1.82, 2.24) is 9.97 Å². The van der Waals surface area contributed by atoms with E-state index in [2.05, 4.69) is 32.0 Å². The van der Waals surface area contributed by atoms with Crippen LogP contribution in [0.3, 0.4) is 0 Å². The van der Waals surface area contributed by atoms with Gasteiger partial charge in [-0.25, -0.2) is 4.98 Å². The lowest BCUT2D eigenvalue weighted by molar-refractivity contribution is 0.210. The number of para-hydroxylation sites is 1. The number of halogens is 1. The molecule has 1 aliphatic heterocycles. The Hall–Kier alpha value is -0.850. The summed E-state index contributed by atoms with van der Waals surface area (Å²) < 4.78 is 7.38. The molecule has 3 nitrogen and oxygen atoms in total. The molecule has 6 heteroatoms. The maximum Gasteiger partial charge on any atom is 0.165 e. The minimum Gasteiger partial charge on any atom is -0.480 e. The molecule has 1 N–H and O–H groups in total. The van der Waals surface area contributed by atoms with Gasteiger partial charge in [0, 0.05) is 16.8 Å². The molecular weight excluding hydrogens is 332 g/mol. The fraction of sp³-hybridized carbons (Fsp3) is 0.167. The van der Waals surface area contributed by atoms with Gasteiger partial charge in [0.15, 0.2) is 6.10 Å². The van der Waals surface area contributed by atoms with Crippen LogP contribution in [-0.2, 0) is 0 Å². The normalized spacial score (nSPS) is 17.9. The second kappa shape index (κ2) is 5.03. The monoisotopic (exact) mass is 340 g/mol. The van der Waals surface area contributed by atoms with Gasteiger partial charge < -0.3 is 9.72 Å². The molecule has 0 saturated carbocycles. The molecule has 2 heterocycles. The molecule has 3 rings (SSSR count). The van der Waals surface area contributed by atoms with Gasteiger partial charge in [0.1, 0.15) is 16.2 Å². The molecule has 2 aromatic rings. The van der Waals surface area contributed by atoms with Crippen molar-refractivity contribution in [3.63, 3.8) is 0 Å². The first-order valence-corrected chi connectivity index (χ1v) is 7.56. The number of hydrogen-bond acceptors (Lipinski definition) is 4.